The van der Waals surface area contributed by atoms with E-state index in [1.165, 1.54) is 38.5 Å². The summed E-state index contributed by atoms with van der Waals surface area (Å²) in [6.45, 7) is 0. The predicted octanol–water partition coefficient (Wildman–Crippen LogP) is 2.00. The molecule has 8 aliphatic carbocycles. The molecule has 0 N–H and O–H groups in total. The van der Waals surface area contributed by atoms with Crippen LogP contribution in [0.25, 0.3) is 0 Å². The number of hydrogen-bond donors (Lipinski definition) is 0. The first-order valence-electron chi connectivity index (χ1n) is 11.9. The summed E-state index contributed by atoms with van der Waals surface area (Å²) in [7, 11) is -4.53. The molecule has 0 atom stereocenters. The van der Waals surface area contributed by atoms with Crippen LogP contribution in [0.5, 0.6) is 0 Å². The maximum Gasteiger partial charge on any atom is 0.320 e. The van der Waals surface area contributed by atoms with Crippen molar-refractivity contribution in [3.63, 3.8) is 0 Å². The van der Waals surface area contributed by atoms with Crippen molar-refractivity contribution in [3.8, 4) is 0 Å². The second-order valence-electron chi connectivity index (χ2n) is 11.8. The Balaban J connectivity index is 0.000000138. The highest BCUT2D eigenvalue weighted by atomic mass is 32.2. The van der Waals surface area contributed by atoms with Gasteiger partial charge in [0.2, 0.25) is 0 Å². The monoisotopic (exact) mass is 452 g/mol. The van der Waals surface area contributed by atoms with Crippen LogP contribution in [0.15, 0.2) is 0 Å². The van der Waals surface area contributed by atoms with Gasteiger partial charge in [-0.3, -0.25) is 4.79 Å². The Morgan fingerprint density at radius 3 is 1.42 bits per heavy atom. The van der Waals surface area contributed by atoms with Crippen LogP contribution >= 0.6 is 0 Å². The van der Waals surface area contributed by atoms with E-state index >= 15 is 0 Å². The first kappa shape index (κ1) is 21.7. The fourth-order valence-electron chi connectivity index (χ4n) is 8.93. The molecule has 8 fully saturated rings. The molecule has 8 bridgehead atoms. The standard InChI is InChI=1S/C12H18O5S.C11H16O2/c13-11(7-18(14,15)16)17-12-4-8-1-9(5-12)3-10(2-8)6-12;12-10(13)11-4-7-1-8(5-11)3-9(2-7)6-11/h8-10H,1-7H2,(H,14,15,16);7-9H,1-6H2,(H,12,13)/p-2. The first-order chi connectivity index (χ1) is 14.5. The zero-order valence-electron chi connectivity index (χ0n) is 17.9. The van der Waals surface area contributed by atoms with E-state index in [0.717, 1.165) is 38.5 Å². The summed E-state index contributed by atoms with van der Waals surface area (Å²) in [5.74, 6) is 1.33. The van der Waals surface area contributed by atoms with E-state index in [1.807, 2.05) is 0 Å². The summed E-state index contributed by atoms with van der Waals surface area (Å²) in [6.07, 6.45) is 12.9. The van der Waals surface area contributed by atoms with Crippen LogP contribution in [0.1, 0.15) is 77.0 Å². The molecule has 0 aromatic carbocycles. The third kappa shape index (κ3) is 4.39. The van der Waals surface area contributed by atoms with E-state index in [4.69, 9.17) is 4.74 Å². The number of esters is 1. The minimum atomic E-state index is -4.53. The molecule has 0 spiro atoms. The predicted molar refractivity (Wildman–Crippen MR) is 107 cm³/mol. The van der Waals surface area contributed by atoms with E-state index in [9.17, 15) is 27.7 Å². The largest absolute Gasteiger partial charge is 0.748 e. The molecule has 8 heteroatoms. The van der Waals surface area contributed by atoms with Gasteiger partial charge in [-0.25, -0.2) is 8.42 Å². The highest BCUT2D eigenvalue weighted by molar-refractivity contribution is 7.86. The SMILES string of the molecule is O=C(CS(=O)(=O)[O-])OC12CC3CC(CC(C3)C1)C2.O=C([O-])C12CC3CC(CC(C3)C1)C2. The molecule has 0 aromatic rings. The quantitative estimate of drug-likeness (QED) is 0.472. The van der Waals surface area contributed by atoms with Gasteiger partial charge in [0, 0.05) is 11.4 Å². The van der Waals surface area contributed by atoms with Gasteiger partial charge >= 0.3 is 5.97 Å². The molecular weight excluding hydrogens is 420 g/mol. The smallest absolute Gasteiger partial charge is 0.320 e. The molecule has 7 nitrogen and oxygen atoms in total. The second kappa shape index (κ2) is 7.44. The molecular formula is C23H32O7S-2. The Morgan fingerprint density at radius 1 is 0.742 bits per heavy atom. The normalized spacial score (nSPS) is 46.4. The summed E-state index contributed by atoms with van der Waals surface area (Å²) in [6, 6.07) is 0. The Kier molecular flexibility index (Phi) is 5.20. The third-order valence-electron chi connectivity index (χ3n) is 9.08. The Morgan fingerprint density at radius 2 is 1.10 bits per heavy atom. The lowest BCUT2D eigenvalue weighted by molar-refractivity contribution is -0.327. The lowest BCUT2D eigenvalue weighted by atomic mass is 9.49. The molecule has 0 radical (unpaired) electrons. The van der Waals surface area contributed by atoms with Crippen molar-refractivity contribution in [1.29, 1.82) is 0 Å². The highest BCUT2D eigenvalue weighted by Crippen LogP contribution is 2.60. The zero-order chi connectivity index (χ0) is 22.0. The van der Waals surface area contributed by atoms with Gasteiger partial charge < -0.3 is 19.2 Å². The molecule has 8 rings (SSSR count). The van der Waals surface area contributed by atoms with Crippen LogP contribution < -0.4 is 5.11 Å². The van der Waals surface area contributed by atoms with Crippen LogP contribution in [-0.4, -0.2) is 36.3 Å². The Bertz CT molecular complexity index is 791. The molecule has 0 aromatic heterocycles. The van der Waals surface area contributed by atoms with Crippen molar-refractivity contribution in [2.24, 2.45) is 40.9 Å². The maximum atomic E-state index is 11.5. The molecule has 31 heavy (non-hydrogen) atoms. The van der Waals surface area contributed by atoms with Gasteiger partial charge in [-0.1, -0.05) is 0 Å². The Hall–Kier alpha value is -1.15. The number of carbonyl (C=O) groups is 2. The second-order valence-corrected chi connectivity index (χ2v) is 13.2. The lowest BCUT2D eigenvalue weighted by Crippen LogP contribution is -2.54. The summed E-state index contributed by atoms with van der Waals surface area (Å²) < 4.78 is 37.1. The van der Waals surface area contributed by atoms with Crippen LogP contribution in [-0.2, 0) is 24.4 Å². The molecule has 0 unspecified atom stereocenters. The topological polar surface area (TPSA) is 124 Å². The van der Waals surface area contributed by atoms with Crippen LogP contribution in [0.2, 0.25) is 0 Å². The molecule has 8 aliphatic rings. The van der Waals surface area contributed by atoms with Gasteiger partial charge in [-0.15, -0.1) is 0 Å². The summed E-state index contributed by atoms with van der Waals surface area (Å²) in [5, 5.41) is 11.1. The number of aliphatic carboxylic acids is 1. The van der Waals surface area contributed by atoms with Gasteiger partial charge in [0.05, 0.1) is 0 Å². The summed E-state index contributed by atoms with van der Waals surface area (Å²) in [4.78, 5) is 22.7. The van der Waals surface area contributed by atoms with Crippen molar-refractivity contribution in [1.82, 2.24) is 0 Å². The first-order valence-corrected chi connectivity index (χ1v) is 13.5. The van der Waals surface area contributed by atoms with E-state index < -0.39 is 38.8 Å². The fourth-order valence-corrected chi connectivity index (χ4v) is 9.28. The molecule has 174 valence electrons. The molecule has 0 heterocycles. The molecule has 0 aliphatic heterocycles. The van der Waals surface area contributed by atoms with Crippen LogP contribution in [0, 0.1) is 40.9 Å². The van der Waals surface area contributed by atoms with Crippen LogP contribution in [0.4, 0.5) is 0 Å². The summed E-state index contributed by atoms with van der Waals surface area (Å²) in [5.41, 5.74) is -0.856. The number of ether oxygens (including phenoxy) is 1. The van der Waals surface area contributed by atoms with E-state index in [-0.39, 0.29) is 0 Å². The average molecular weight is 453 g/mol. The number of rotatable bonds is 4. The molecule has 0 saturated heterocycles. The number of carboxylic acid groups (broad SMARTS) is 1. The van der Waals surface area contributed by atoms with Gasteiger partial charge in [0.15, 0.2) is 0 Å². The number of hydrogen-bond acceptors (Lipinski definition) is 7. The highest BCUT2D eigenvalue weighted by Gasteiger charge is 2.53. The minimum Gasteiger partial charge on any atom is -0.748 e. The van der Waals surface area contributed by atoms with Crippen molar-refractivity contribution < 1.29 is 32.4 Å². The number of carbonyl (C=O) groups excluding carboxylic acids is 2. The molecule has 8 saturated carbocycles. The van der Waals surface area contributed by atoms with Crippen molar-refractivity contribution in [3.05, 3.63) is 0 Å². The summed E-state index contributed by atoms with van der Waals surface area (Å²) >= 11 is 0. The Labute approximate surface area is 184 Å². The van der Waals surface area contributed by atoms with Crippen molar-refractivity contribution in [2.45, 2.75) is 82.7 Å². The van der Waals surface area contributed by atoms with E-state index in [1.54, 1.807) is 0 Å². The number of carboxylic acids is 1. The van der Waals surface area contributed by atoms with Crippen molar-refractivity contribution in [2.75, 3.05) is 5.75 Å². The lowest BCUT2D eigenvalue weighted by Gasteiger charge is -2.57. The minimum absolute atomic E-state index is 0.394. The van der Waals surface area contributed by atoms with E-state index in [0.29, 0.717) is 35.5 Å². The average Bonchev–Trinajstić information content (AvgIpc) is 2.57. The van der Waals surface area contributed by atoms with E-state index in [2.05, 4.69) is 0 Å². The van der Waals surface area contributed by atoms with Crippen molar-refractivity contribution >= 4 is 22.1 Å². The fraction of sp³-hybridized carbons (Fsp3) is 0.913. The van der Waals surface area contributed by atoms with Crippen LogP contribution in [0.3, 0.4) is 0 Å². The van der Waals surface area contributed by atoms with Gasteiger partial charge in [-0.05, 0) is 113 Å². The zero-order valence-corrected chi connectivity index (χ0v) is 18.7. The van der Waals surface area contributed by atoms with Gasteiger partial charge in [-0.2, -0.15) is 0 Å². The molecule has 0 amide bonds. The third-order valence-corrected chi connectivity index (χ3v) is 9.67. The van der Waals surface area contributed by atoms with Gasteiger partial charge in [0.25, 0.3) is 0 Å². The van der Waals surface area contributed by atoms with Gasteiger partial charge in [0.1, 0.15) is 21.5 Å². The maximum absolute atomic E-state index is 11.5.